The zero-order valence-electron chi connectivity index (χ0n) is 9.06. The first kappa shape index (κ1) is 13.9. The summed E-state index contributed by atoms with van der Waals surface area (Å²) in [6.07, 6.45) is -4.97. The summed E-state index contributed by atoms with van der Waals surface area (Å²) in [4.78, 5) is 0. The van der Waals surface area contributed by atoms with E-state index in [-0.39, 0.29) is 5.56 Å². The zero-order valence-corrected chi connectivity index (χ0v) is 9.06. The van der Waals surface area contributed by atoms with Crippen LogP contribution in [0.2, 0.25) is 0 Å². The maximum absolute atomic E-state index is 12.9. The molecule has 0 saturated carbocycles. The molecule has 0 aromatic heterocycles. The minimum absolute atomic E-state index is 0.232. The molecule has 1 nitrogen and oxygen atoms in total. The summed E-state index contributed by atoms with van der Waals surface area (Å²) in [5, 5.41) is 0. The lowest BCUT2D eigenvalue weighted by Crippen LogP contribution is -2.45. The molecule has 1 aromatic rings. The van der Waals surface area contributed by atoms with Crippen molar-refractivity contribution < 1.29 is 22.0 Å². The topological polar surface area (TPSA) is 26.0 Å². The van der Waals surface area contributed by atoms with Crippen molar-refractivity contribution >= 4 is 0 Å². The van der Waals surface area contributed by atoms with Crippen LogP contribution in [0.4, 0.5) is 22.0 Å². The number of alkyl halides is 5. The predicted molar refractivity (Wildman–Crippen MR) is 53.8 cm³/mol. The summed E-state index contributed by atoms with van der Waals surface area (Å²) in [5.74, 6) is -4.93. The molecular formula is C11H12F5N. The van der Waals surface area contributed by atoms with Crippen molar-refractivity contribution in [3.63, 3.8) is 0 Å². The lowest BCUT2D eigenvalue weighted by Gasteiger charge is -2.26. The average Bonchev–Trinajstić information content (AvgIpc) is 2.26. The van der Waals surface area contributed by atoms with Gasteiger partial charge in [0.15, 0.2) is 0 Å². The number of halogens is 5. The van der Waals surface area contributed by atoms with Crippen LogP contribution in [0.3, 0.4) is 0 Å². The fourth-order valence-corrected chi connectivity index (χ4v) is 1.35. The number of hydrogen-bond acceptors (Lipinski definition) is 1. The average molecular weight is 253 g/mol. The van der Waals surface area contributed by atoms with Crippen LogP contribution in [0.25, 0.3) is 0 Å². The number of aryl methyl sites for hydroxylation is 1. The molecule has 0 spiro atoms. The van der Waals surface area contributed by atoms with Crippen molar-refractivity contribution in [3.05, 3.63) is 35.4 Å². The Morgan fingerprint density at radius 2 is 1.53 bits per heavy atom. The zero-order chi connectivity index (χ0) is 13.3. The Hall–Kier alpha value is -1.17. The third-order valence-corrected chi connectivity index (χ3v) is 2.52. The molecule has 0 saturated heterocycles. The van der Waals surface area contributed by atoms with Crippen LogP contribution in [-0.4, -0.2) is 12.1 Å². The van der Waals surface area contributed by atoms with Gasteiger partial charge in [-0.15, -0.1) is 0 Å². The van der Waals surface area contributed by atoms with Crippen LogP contribution >= 0.6 is 0 Å². The second-order valence-electron chi connectivity index (χ2n) is 3.69. The molecule has 1 aromatic carbocycles. The first-order valence-corrected chi connectivity index (χ1v) is 4.99. The normalized spacial score (nSPS) is 14.8. The molecule has 0 aliphatic heterocycles. The summed E-state index contributed by atoms with van der Waals surface area (Å²) in [6, 6.07) is 2.99. The molecule has 0 amide bonds. The third-order valence-electron chi connectivity index (χ3n) is 2.52. The van der Waals surface area contributed by atoms with Crippen molar-refractivity contribution in [1.82, 2.24) is 0 Å². The second kappa shape index (κ2) is 4.60. The number of nitrogens with two attached hydrogens (primary N) is 1. The van der Waals surface area contributed by atoms with E-state index in [0.29, 0.717) is 6.42 Å². The van der Waals surface area contributed by atoms with Crippen LogP contribution in [0.1, 0.15) is 24.1 Å². The van der Waals surface area contributed by atoms with Gasteiger partial charge in [-0.25, -0.2) is 0 Å². The monoisotopic (exact) mass is 253 g/mol. The molecule has 96 valence electrons. The summed E-state index contributed by atoms with van der Waals surface area (Å²) >= 11 is 0. The summed E-state index contributed by atoms with van der Waals surface area (Å²) in [5.41, 5.74) is 5.59. The smallest absolute Gasteiger partial charge is 0.319 e. The molecule has 0 heterocycles. The van der Waals surface area contributed by atoms with Crippen LogP contribution < -0.4 is 5.73 Å². The van der Waals surface area contributed by atoms with Gasteiger partial charge in [-0.3, -0.25) is 0 Å². The minimum atomic E-state index is -5.64. The first-order valence-electron chi connectivity index (χ1n) is 4.99. The van der Waals surface area contributed by atoms with Gasteiger partial charge < -0.3 is 5.73 Å². The summed E-state index contributed by atoms with van der Waals surface area (Å²) < 4.78 is 62.1. The Morgan fingerprint density at radius 1 is 1.06 bits per heavy atom. The van der Waals surface area contributed by atoms with E-state index in [0.717, 1.165) is 5.56 Å². The molecule has 0 fully saturated rings. The molecule has 1 atom stereocenters. The van der Waals surface area contributed by atoms with Gasteiger partial charge in [0.2, 0.25) is 0 Å². The van der Waals surface area contributed by atoms with E-state index >= 15 is 0 Å². The van der Waals surface area contributed by atoms with Gasteiger partial charge in [-0.1, -0.05) is 31.2 Å². The quantitative estimate of drug-likeness (QED) is 0.820. The van der Waals surface area contributed by atoms with Crippen LogP contribution in [0.15, 0.2) is 24.3 Å². The van der Waals surface area contributed by atoms with Crippen molar-refractivity contribution in [1.29, 1.82) is 0 Å². The molecule has 0 unspecified atom stereocenters. The maximum Gasteiger partial charge on any atom is 0.455 e. The van der Waals surface area contributed by atoms with Gasteiger partial charge in [-0.2, -0.15) is 22.0 Å². The van der Waals surface area contributed by atoms with Crippen LogP contribution in [-0.2, 0) is 6.42 Å². The van der Waals surface area contributed by atoms with Gasteiger partial charge in [0.05, 0.1) is 0 Å². The van der Waals surface area contributed by atoms with Crippen molar-refractivity contribution in [2.75, 3.05) is 0 Å². The van der Waals surface area contributed by atoms with Crippen molar-refractivity contribution in [3.8, 4) is 0 Å². The number of rotatable bonds is 3. The highest BCUT2D eigenvalue weighted by molar-refractivity contribution is 5.26. The van der Waals surface area contributed by atoms with Gasteiger partial charge in [0, 0.05) is 0 Å². The van der Waals surface area contributed by atoms with E-state index in [9.17, 15) is 22.0 Å². The highest BCUT2D eigenvalue weighted by Crippen LogP contribution is 2.43. The Kier molecular flexibility index (Phi) is 3.76. The third kappa shape index (κ3) is 2.74. The van der Waals surface area contributed by atoms with E-state index in [4.69, 9.17) is 5.73 Å². The van der Waals surface area contributed by atoms with Crippen molar-refractivity contribution in [2.24, 2.45) is 5.73 Å². The fraction of sp³-hybridized carbons (Fsp3) is 0.455. The minimum Gasteiger partial charge on any atom is -0.319 e. The molecule has 1 rings (SSSR count). The molecule has 0 bridgehead atoms. The SMILES string of the molecule is CCc1ccc([C@H](N)C(F)(F)C(F)(F)F)cc1. The van der Waals surface area contributed by atoms with E-state index in [1.54, 1.807) is 0 Å². The second-order valence-corrected chi connectivity index (χ2v) is 3.69. The van der Waals surface area contributed by atoms with Gasteiger partial charge in [-0.05, 0) is 17.5 Å². The standard InChI is InChI=1S/C11H12F5N/c1-2-7-3-5-8(6-4-7)9(17)10(12,13)11(14,15)16/h3-6,9H,2,17H2,1H3/t9-/m0/s1. The largest absolute Gasteiger partial charge is 0.455 e. The van der Waals surface area contributed by atoms with Gasteiger partial charge in [0.1, 0.15) is 6.04 Å². The Bertz CT molecular complexity index is 368. The van der Waals surface area contributed by atoms with Gasteiger partial charge in [0.25, 0.3) is 0 Å². The van der Waals surface area contributed by atoms with Crippen LogP contribution in [0, 0.1) is 0 Å². The molecule has 0 aliphatic carbocycles. The molecule has 17 heavy (non-hydrogen) atoms. The predicted octanol–water partition coefficient (Wildman–Crippen LogP) is 3.45. The van der Waals surface area contributed by atoms with Crippen molar-refractivity contribution in [2.45, 2.75) is 31.5 Å². The van der Waals surface area contributed by atoms with Crippen LogP contribution in [0.5, 0.6) is 0 Å². The Morgan fingerprint density at radius 3 is 1.88 bits per heavy atom. The summed E-state index contributed by atoms with van der Waals surface area (Å²) in [6.45, 7) is 1.85. The van der Waals surface area contributed by atoms with Gasteiger partial charge >= 0.3 is 12.1 Å². The Balaban J connectivity index is 2.99. The lowest BCUT2D eigenvalue weighted by molar-refractivity contribution is -0.291. The van der Waals surface area contributed by atoms with E-state index in [1.807, 2.05) is 6.92 Å². The fourth-order valence-electron chi connectivity index (χ4n) is 1.35. The van der Waals surface area contributed by atoms with E-state index in [1.165, 1.54) is 24.3 Å². The number of hydrogen-bond donors (Lipinski definition) is 1. The first-order chi connectivity index (χ1) is 7.70. The highest BCUT2D eigenvalue weighted by Gasteiger charge is 2.61. The Labute approximate surface area is 95.4 Å². The van der Waals surface area contributed by atoms with E-state index < -0.39 is 18.1 Å². The van der Waals surface area contributed by atoms with E-state index in [2.05, 4.69) is 0 Å². The molecule has 2 N–H and O–H groups in total. The molecule has 0 radical (unpaired) electrons. The molecule has 0 aliphatic rings. The highest BCUT2D eigenvalue weighted by atomic mass is 19.4. The lowest BCUT2D eigenvalue weighted by atomic mass is 9.99. The molecular weight excluding hydrogens is 241 g/mol. The number of benzene rings is 1. The molecule has 6 heteroatoms. The summed E-state index contributed by atoms with van der Waals surface area (Å²) in [7, 11) is 0. The maximum atomic E-state index is 12.9.